The normalized spacial score (nSPS) is 27.2. The highest BCUT2D eigenvalue weighted by Gasteiger charge is 2.42. The number of halogens is 1. The summed E-state index contributed by atoms with van der Waals surface area (Å²) in [5, 5.41) is 0. The van der Waals surface area contributed by atoms with Gasteiger partial charge in [-0.3, -0.25) is 4.57 Å². The summed E-state index contributed by atoms with van der Waals surface area (Å²) < 4.78 is 9.80. The average Bonchev–Trinajstić information content (AvgIpc) is 3.02. The van der Waals surface area contributed by atoms with E-state index in [1.807, 2.05) is 12.3 Å². The van der Waals surface area contributed by atoms with E-state index in [-0.39, 0.29) is 0 Å². The Kier molecular flexibility index (Phi) is 2.79. The van der Waals surface area contributed by atoms with Gasteiger partial charge in [0.1, 0.15) is 0 Å². The lowest BCUT2D eigenvalue weighted by atomic mass is 10.1. The highest BCUT2D eigenvalue weighted by atomic mass is 79.9. The van der Waals surface area contributed by atoms with Crippen LogP contribution in [-0.4, -0.2) is 27.2 Å². The predicted octanol–water partition coefficient (Wildman–Crippen LogP) is 3.60. The Labute approximate surface area is 124 Å². The molecule has 4 nitrogen and oxygen atoms in total. The molecule has 2 aliphatic rings. The number of aromatic nitrogens is 3. The number of aromatic amines is 1. The van der Waals surface area contributed by atoms with Crippen LogP contribution in [0.2, 0.25) is 0 Å². The van der Waals surface area contributed by atoms with Crippen molar-refractivity contribution in [3.63, 3.8) is 0 Å². The summed E-state index contributed by atoms with van der Waals surface area (Å²) in [6, 6.07) is 2.36. The van der Waals surface area contributed by atoms with Crippen LogP contribution in [0, 0.1) is 10.7 Å². The first-order valence-electron chi connectivity index (χ1n) is 6.61. The first kappa shape index (κ1) is 12.1. The molecule has 2 unspecified atom stereocenters. The van der Waals surface area contributed by atoms with Crippen LogP contribution in [0.3, 0.4) is 0 Å². The van der Waals surface area contributed by atoms with Crippen molar-refractivity contribution in [1.29, 1.82) is 0 Å². The molecule has 0 amide bonds. The van der Waals surface area contributed by atoms with Gasteiger partial charge in [-0.15, -0.1) is 0 Å². The van der Waals surface area contributed by atoms with E-state index in [9.17, 15) is 0 Å². The molecule has 1 aliphatic heterocycles. The largest absolute Gasteiger partial charge is 0.376 e. The molecule has 0 bridgehead atoms. The Balaban J connectivity index is 1.85. The Hall–Kier alpha value is -0.720. The Morgan fingerprint density at radius 1 is 1.42 bits per heavy atom. The number of nitrogens with zero attached hydrogens (tertiary/aromatic N) is 2. The van der Waals surface area contributed by atoms with Gasteiger partial charge in [-0.25, -0.2) is 4.98 Å². The van der Waals surface area contributed by atoms with Crippen LogP contribution < -0.4 is 0 Å². The lowest BCUT2D eigenvalue weighted by Gasteiger charge is -2.19. The van der Waals surface area contributed by atoms with Crippen molar-refractivity contribution in [1.82, 2.24) is 14.5 Å². The van der Waals surface area contributed by atoms with Gasteiger partial charge in [0.25, 0.3) is 0 Å². The van der Waals surface area contributed by atoms with Gasteiger partial charge in [-0.05, 0) is 59.4 Å². The average molecular weight is 340 g/mol. The number of nitrogens with one attached hydrogen (secondary N) is 1. The number of imidazole rings is 1. The molecule has 1 saturated carbocycles. The molecule has 2 aromatic rings. The summed E-state index contributed by atoms with van der Waals surface area (Å²) in [6.07, 6.45) is 5.74. The minimum absolute atomic E-state index is 0.316. The Morgan fingerprint density at radius 2 is 2.26 bits per heavy atom. The standard InChI is InChI=1S/C13H14BrN3OS/c14-8-5-9-12(15-6-8)17(13(19)16-9)10-3-4-18-11(10)7-1-2-7/h5-7,10-11H,1-4H2,(H,16,19). The fraction of sp³-hybridized carbons (Fsp3) is 0.538. The Morgan fingerprint density at radius 3 is 3.05 bits per heavy atom. The van der Waals surface area contributed by atoms with Gasteiger partial charge in [0.2, 0.25) is 0 Å². The number of hydrogen-bond donors (Lipinski definition) is 1. The zero-order valence-electron chi connectivity index (χ0n) is 10.3. The second kappa shape index (κ2) is 4.40. The second-order valence-corrected chi connectivity index (χ2v) is 6.66. The van der Waals surface area contributed by atoms with E-state index in [0.717, 1.165) is 39.4 Å². The van der Waals surface area contributed by atoms with Gasteiger partial charge in [0.15, 0.2) is 10.4 Å². The van der Waals surface area contributed by atoms with E-state index < -0.39 is 0 Å². The van der Waals surface area contributed by atoms with Crippen LogP contribution in [0.5, 0.6) is 0 Å². The van der Waals surface area contributed by atoms with Gasteiger partial charge in [-0.1, -0.05) is 0 Å². The van der Waals surface area contributed by atoms with E-state index in [4.69, 9.17) is 17.0 Å². The molecule has 6 heteroatoms. The molecule has 2 aromatic heterocycles. The summed E-state index contributed by atoms with van der Waals surface area (Å²) in [7, 11) is 0. The Bertz CT molecular complexity index is 691. The van der Waals surface area contributed by atoms with Gasteiger partial charge in [0.05, 0.1) is 17.7 Å². The fourth-order valence-corrected chi connectivity index (χ4v) is 3.71. The number of fused-ring (bicyclic) bond motifs is 1. The molecule has 2 atom stereocenters. The third-order valence-electron chi connectivity index (χ3n) is 4.04. The monoisotopic (exact) mass is 339 g/mol. The van der Waals surface area contributed by atoms with E-state index in [2.05, 4.69) is 30.5 Å². The van der Waals surface area contributed by atoms with Crippen molar-refractivity contribution >= 4 is 39.3 Å². The highest BCUT2D eigenvalue weighted by Crippen LogP contribution is 2.44. The highest BCUT2D eigenvalue weighted by molar-refractivity contribution is 9.10. The zero-order chi connectivity index (χ0) is 13.0. The molecular formula is C13H14BrN3OS. The number of hydrogen-bond acceptors (Lipinski definition) is 3. The van der Waals surface area contributed by atoms with Crippen LogP contribution in [0.25, 0.3) is 11.2 Å². The lowest BCUT2D eigenvalue weighted by molar-refractivity contribution is 0.0755. The van der Waals surface area contributed by atoms with Crippen molar-refractivity contribution < 1.29 is 4.74 Å². The first-order valence-corrected chi connectivity index (χ1v) is 7.81. The third-order valence-corrected chi connectivity index (χ3v) is 4.78. The van der Waals surface area contributed by atoms with Gasteiger partial charge in [0, 0.05) is 17.3 Å². The lowest BCUT2D eigenvalue weighted by Crippen LogP contribution is -2.22. The zero-order valence-corrected chi connectivity index (χ0v) is 12.7. The first-order chi connectivity index (χ1) is 9.24. The molecule has 0 radical (unpaired) electrons. The minimum Gasteiger partial charge on any atom is -0.376 e. The summed E-state index contributed by atoms with van der Waals surface area (Å²) in [6.45, 7) is 0.830. The maximum absolute atomic E-state index is 5.92. The van der Waals surface area contributed by atoms with Crippen LogP contribution in [-0.2, 0) is 4.74 Å². The summed E-state index contributed by atoms with van der Waals surface area (Å²) in [4.78, 5) is 7.78. The van der Waals surface area contributed by atoms with Crippen molar-refractivity contribution in [3.8, 4) is 0 Å². The SMILES string of the molecule is S=c1[nH]c2cc(Br)cnc2n1C1CCOC1C1CC1. The van der Waals surface area contributed by atoms with E-state index in [1.165, 1.54) is 12.8 Å². The van der Waals surface area contributed by atoms with E-state index >= 15 is 0 Å². The van der Waals surface area contributed by atoms with Crippen LogP contribution >= 0.6 is 28.1 Å². The maximum Gasteiger partial charge on any atom is 0.179 e. The quantitative estimate of drug-likeness (QED) is 0.850. The van der Waals surface area contributed by atoms with Crippen LogP contribution in [0.4, 0.5) is 0 Å². The topological polar surface area (TPSA) is 42.8 Å². The number of H-pyrrole nitrogens is 1. The summed E-state index contributed by atoms with van der Waals surface area (Å²) >= 11 is 8.93. The van der Waals surface area contributed by atoms with Crippen LogP contribution in [0.1, 0.15) is 25.3 Å². The summed E-state index contributed by atoms with van der Waals surface area (Å²) in [5.41, 5.74) is 1.93. The molecule has 0 aromatic carbocycles. The molecule has 19 heavy (non-hydrogen) atoms. The number of pyridine rings is 1. The molecule has 3 heterocycles. The predicted molar refractivity (Wildman–Crippen MR) is 78.7 cm³/mol. The molecular weight excluding hydrogens is 326 g/mol. The minimum atomic E-state index is 0.316. The van der Waals surface area contributed by atoms with E-state index in [1.54, 1.807) is 0 Å². The smallest absolute Gasteiger partial charge is 0.179 e. The van der Waals surface area contributed by atoms with Crippen molar-refractivity contribution in [2.45, 2.75) is 31.4 Å². The number of rotatable bonds is 2. The molecule has 2 fully saturated rings. The summed E-state index contributed by atoms with van der Waals surface area (Å²) in [5.74, 6) is 0.717. The second-order valence-electron chi connectivity index (χ2n) is 5.35. The van der Waals surface area contributed by atoms with Gasteiger partial charge < -0.3 is 9.72 Å². The van der Waals surface area contributed by atoms with Crippen molar-refractivity contribution in [2.24, 2.45) is 5.92 Å². The maximum atomic E-state index is 5.92. The van der Waals surface area contributed by atoms with Crippen molar-refractivity contribution in [2.75, 3.05) is 6.61 Å². The molecule has 4 rings (SSSR count). The van der Waals surface area contributed by atoms with E-state index in [0.29, 0.717) is 12.1 Å². The number of ether oxygens (including phenoxy) is 1. The van der Waals surface area contributed by atoms with Gasteiger partial charge >= 0.3 is 0 Å². The molecule has 1 aliphatic carbocycles. The van der Waals surface area contributed by atoms with Crippen molar-refractivity contribution in [3.05, 3.63) is 21.5 Å². The van der Waals surface area contributed by atoms with Gasteiger partial charge in [-0.2, -0.15) is 0 Å². The van der Waals surface area contributed by atoms with Crippen LogP contribution in [0.15, 0.2) is 16.7 Å². The third kappa shape index (κ3) is 1.97. The molecule has 1 N–H and O–H groups in total. The molecule has 1 saturated heterocycles. The fourth-order valence-electron chi connectivity index (χ4n) is 3.05. The molecule has 100 valence electrons. The molecule has 0 spiro atoms.